The van der Waals surface area contributed by atoms with Gasteiger partial charge in [0.15, 0.2) is 0 Å². The molecule has 2 rings (SSSR count). The molecule has 0 N–H and O–H groups in total. The van der Waals surface area contributed by atoms with Crippen molar-refractivity contribution in [2.45, 2.75) is 51.7 Å². The summed E-state index contributed by atoms with van der Waals surface area (Å²) in [5, 5.41) is 0.595. The molecule has 0 aromatic carbocycles. The second-order valence-electron chi connectivity index (χ2n) is 4.61. The quantitative estimate of drug-likeness (QED) is 0.750. The lowest BCUT2D eigenvalue weighted by atomic mass is 10.1. The van der Waals surface area contributed by atoms with Crippen molar-refractivity contribution in [3.05, 3.63) is 29.0 Å². The Labute approximate surface area is 103 Å². The van der Waals surface area contributed by atoms with Crippen LogP contribution in [0.15, 0.2) is 18.2 Å². The van der Waals surface area contributed by atoms with Crippen LogP contribution in [-0.4, -0.2) is 22.0 Å². The van der Waals surface area contributed by atoms with Crippen LogP contribution in [0.25, 0.3) is 0 Å². The standard InChI is InChI=1S/C13H19ClN2/c1-3-12-8-7-10(2)16(12)9-11-5-4-6-13(14)15-11/h4-6,10,12H,3,7-9H2,1-2H3. The molecule has 1 saturated heterocycles. The molecular weight excluding hydrogens is 220 g/mol. The Morgan fingerprint density at radius 2 is 2.25 bits per heavy atom. The fourth-order valence-corrected chi connectivity index (χ4v) is 2.76. The Hall–Kier alpha value is -0.600. The highest BCUT2D eigenvalue weighted by Crippen LogP contribution is 2.27. The Morgan fingerprint density at radius 3 is 2.94 bits per heavy atom. The zero-order valence-electron chi connectivity index (χ0n) is 9.99. The predicted octanol–water partition coefficient (Wildman–Crippen LogP) is 3.50. The Kier molecular flexibility index (Phi) is 3.82. The lowest BCUT2D eigenvalue weighted by molar-refractivity contribution is 0.187. The van der Waals surface area contributed by atoms with E-state index in [0.29, 0.717) is 11.2 Å². The first kappa shape index (κ1) is 11.9. The van der Waals surface area contributed by atoms with Gasteiger partial charge in [0.2, 0.25) is 0 Å². The molecule has 1 aliphatic rings. The maximum Gasteiger partial charge on any atom is 0.129 e. The summed E-state index contributed by atoms with van der Waals surface area (Å²) in [5.74, 6) is 0. The summed E-state index contributed by atoms with van der Waals surface area (Å²) in [6.45, 7) is 5.50. The number of aromatic nitrogens is 1. The van der Waals surface area contributed by atoms with Gasteiger partial charge in [-0.1, -0.05) is 24.6 Å². The van der Waals surface area contributed by atoms with Gasteiger partial charge < -0.3 is 0 Å². The van der Waals surface area contributed by atoms with Crippen molar-refractivity contribution in [1.29, 1.82) is 0 Å². The molecule has 0 bridgehead atoms. The van der Waals surface area contributed by atoms with Crippen molar-refractivity contribution in [2.75, 3.05) is 0 Å². The third-order valence-corrected chi connectivity index (χ3v) is 3.75. The average Bonchev–Trinajstić information content (AvgIpc) is 2.60. The normalized spacial score (nSPS) is 26.2. The molecule has 2 unspecified atom stereocenters. The molecule has 0 saturated carbocycles. The maximum absolute atomic E-state index is 5.91. The van der Waals surface area contributed by atoms with Gasteiger partial charge in [-0.3, -0.25) is 4.90 Å². The van der Waals surface area contributed by atoms with Crippen molar-refractivity contribution in [1.82, 2.24) is 9.88 Å². The highest BCUT2D eigenvalue weighted by molar-refractivity contribution is 6.29. The van der Waals surface area contributed by atoms with E-state index in [9.17, 15) is 0 Å². The van der Waals surface area contributed by atoms with Crippen molar-refractivity contribution in [2.24, 2.45) is 0 Å². The minimum absolute atomic E-state index is 0.595. The summed E-state index contributed by atoms with van der Waals surface area (Å²) >= 11 is 5.91. The molecule has 1 fully saturated rings. The van der Waals surface area contributed by atoms with Crippen LogP contribution < -0.4 is 0 Å². The van der Waals surface area contributed by atoms with Crippen molar-refractivity contribution in [3.8, 4) is 0 Å². The van der Waals surface area contributed by atoms with Crippen LogP contribution in [0.4, 0.5) is 0 Å². The number of likely N-dealkylation sites (tertiary alicyclic amines) is 1. The lowest BCUT2D eigenvalue weighted by Crippen LogP contribution is -2.33. The van der Waals surface area contributed by atoms with Gasteiger partial charge in [-0.25, -0.2) is 4.98 Å². The molecule has 0 aliphatic carbocycles. The maximum atomic E-state index is 5.91. The van der Waals surface area contributed by atoms with Gasteiger partial charge >= 0.3 is 0 Å². The van der Waals surface area contributed by atoms with Gasteiger partial charge in [-0.05, 0) is 38.3 Å². The van der Waals surface area contributed by atoms with Crippen molar-refractivity contribution < 1.29 is 0 Å². The van der Waals surface area contributed by atoms with E-state index in [0.717, 1.165) is 18.3 Å². The molecule has 1 aliphatic heterocycles. The van der Waals surface area contributed by atoms with Crippen LogP contribution in [0.5, 0.6) is 0 Å². The lowest BCUT2D eigenvalue weighted by Gasteiger charge is -2.27. The highest BCUT2D eigenvalue weighted by atomic mass is 35.5. The molecule has 0 radical (unpaired) electrons. The molecule has 1 aromatic rings. The summed E-state index contributed by atoms with van der Waals surface area (Å²) in [4.78, 5) is 6.92. The number of hydrogen-bond donors (Lipinski definition) is 0. The van der Waals surface area contributed by atoms with E-state index in [1.807, 2.05) is 12.1 Å². The minimum Gasteiger partial charge on any atom is -0.292 e. The smallest absolute Gasteiger partial charge is 0.129 e. The van der Waals surface area contributed by atoms with Crippen molar-refractivity contribution in [3.63, 3.8) is 0 Å². The number of nitrogens with zero attached hydrogens (tertiary/aromatic N) is 2. The second-order valence-corrected chi connectivity index (χ2v) is 5.00. The van der Waals surface area contributed by atoms with Gasteiger partial charge in [0.25, 0.3) is 0 Å². The van der Waals surface area contributed by atoms with Crippen molar-refractivity contribution >= 4 is 11.6 Å². The first-order valence-electron chi connectivity index (χ1n) is 6.08. The molecule has 3 heteroatoms. The molecule has 0 spiro atoms. The molecule has 88 valence electrons. The largest absolute Gasteiger partial charge is 0.292 e. The third-order valence-electron chi connectivity index (χ3n) is 3.54. The summed E-state index contributed by atoms with van der Waals surface area (Å²) in [7, 11) is 0. The second kappa shape index (κ2) is 5.15. The Morgan fingerprint density at radius 1 is 1.44 bits per heavy atom. The number of halogens is 1. The molecule has 16 heavy (non-hydrogen) atoms. The van der Waals surface area contributed by atoms with Gasteiger partial charge in [0.1, 0.15) is 5.15 Å². The van der Waals surface area contributed by atoms with Crippen LogP contribution in [0.1, 0.15) is 38.8 Å². The number of pyridine rings is 1. The molecule has 2 nitrogen and oxygen atoms in total. The molecular formula is C13H19ClN2. The monoisotopic (exact) mass is 238 g/mol. The Balaban J connectivity index is 2.08. The topological polar surface area (TPSA) is 16.1 Å². The fourth-order valence-electron chi connectivity index (χ4n) is 2.57. The summed E-state index contributed by atoms with van der Waals surface area (Å²) in [5.41, 5.74) is 1.08. The van der Waals surface area contributed by atoms with Crippen LogP contribution >= 0.6 is 11.6 Å². The van der Waals surface area contributed by atoms with Gasteiger partial charge in [0.05, 0.1) is 5.69 Å². The molecule has 0 amide bonds. The van der Waals surface area contributed by atoms with E-state index in [2.05, 4.69) is 29.8 Å². The number of hydrogen-bond acceptors (Lipinski definition) is 2. The van der Waals surface area contributed by atoms with Gasteiger partial charge in [0, 0.05) is 18.6 Å². The van der Waals surface area contributed by atoms with E-state index in [4.69, 9.17) is 11.6 Å². The van der Waals surface area contributed by atoms with Crippen LogP contribution in [0, 0.1) is 0 Å². The first-order chi connectivity index (χ1) is 7.70. The summed E-state index contributed by atoms with van der Waals surface area (Å²) < 4.78 is 0. The Bertz CT molecular complexity index is 354. The van der Waals surface area contributed by atoms with Crippen LogP contribution in [-0.2, 0) is 6.54 Å². The zero-order chi connectivity index (χ0) is 11.5. The molecule has 2 heterocycles. The molecule has 1 aromatic heterocycles. The van der Waals surface area contributed by atoms with Crippen LogP contribution in [0.2, 0.25) is 5.15 Å². The third kappa shape index (κ3) is 2.55. The fraction of sp³-hybridized carbons (Fsp3) is 0.615. The minimum atomic E-state index is 0.595. The summed E-state index contributed by atoms with van der Waals surface area (Å²) in [6.07, 6.45) is 3.85. The van der Waals surface area contributed by atoms with E-state index in [1.165, 1.54) is 19.3 Å². The van der Waals surface area contributed by atoms with Gasteiger partial charge in [-0.2, -0.15) is 0 Å². The average molecular weight is 239 g/mol. The first-order valence-corrected chi connectivity index (χ1v) is 6.45. The van der Waals surface area contributed by atoms with E-state index in [-0.39, 0.29) is 0 Å². The predicted molar refractivity (Wildman–Crippen MR) is 67.6 cm³/mol. The van der Waals surface area contributed by atoms with Crippen LogP contribution in [0.3, 0.4) is 0 Å². The molecule has 2 atom stereocenters. The highest BCUT2D eigenvalue weighted by Gasteiger charge is 2.29. The summed E-state index contributed by atoms with van der Waals surface area (Å²) in [6, 6.07) is 7.26. The van der Waals surface area contributed by atoms with E-state index >= 15 is 0 Å². The van der Waals surface area contributed by atoms with Gasteiger partial charge in [-0.15, -0.1) is 0 Å². The number of rotatable bonds is 3. The van der Waals surface area contributed by atoms with E-state index in [1.54, 1.807) is 0 Å². The van der Waals surface area contributed by atoms with E-state index < -0.39 is 0 Å². The zero-order valence-corrected chi connectivity index (χ0v) is 10.7. The SMILES string of the molecule is CCC1CCC(C)N1Cc1cccc(Cl)n1.